The van der Waals surface area contributed by atoms with Gasteiger partial charge in [0.25, 0.3) is 0 Å². The molecular weight excluding hydrogens is 191 g/mol. The Bertz CT molecular complexity index is 277. The standard InChI is InChI=1S/C10H16F3N/c1-9(2,3)8-7(4-5-14-8)6-10(11,12)13/h4,8,14H,5-6H2,1-3H3/i8D. The minimum Gasteiger partial charge on any atom is -0.306 e. The average molecular weight is 208 g/mol. The molecule has 0 amide bonds. The Morgan fingerprint density at radius 3 is 2.50 bits per heavy atom. The summed E-state index contributed by atoms with van der Waals surface area (Å²) in [6.07, 6.45) is -3.76. The molecule has 1 unspecified atom stereocenters. The quantitative estimate of drug-likeness (QED) is 0.653. The molecule has 1 aliphatic heterocycles. The lowest BCUT2D eigenvalue weighted by Crippen LogP contribution is -2.38. The van der Waals surface area contributed by atoms with Crippen LogP contribution in [-0.4, -0.2) is 18.7 Å². The van der Waals surface area contributed by atoms with Gasteiger partial charge < -0.3 is 5.32 Å². The van der Waals surface area contributed by atoms with Gasteiger partial charge in [-0.1, -0.05) is 26.8 Å². The van der Waals surface area contributed by atoms with E-state index in [0.29, 0.717) is 6.54 Å². The molecule has 14 heavy (non-hydrogen) atoms. The molecule has 0 saturated carbocycles. The van der Waals surface area contributed by atoms with Crippen LogP contribution in [0.15, 0.2) is 11.6 Å². The molecule has 1 heterocycles. The lowest BCUT2D eigenvalue weighted by atomic mass is 9.82. The zero-order valence-electron chi connectivity index (χ0n) is 9.63. The van der Waals surface area contributed by atoms with Crippen molar-refractivity contribution in [1.82, 2.24) is 5.32 Å². The Labute approximate surface area is 83.8 Å². The maximum atomic E-state index is 12.3. The maximum absolute atomic E-state index is 12.3. The van der Waals surface area contributed by atoms with Gasteiger partial charge in [0.2, 0.25) is 0 Å². The smallest absolute Gasteiger partial charge is 0.306 e. The predicted molar refractivity (Wildman–Crippen MR) is 50.0 cm³/mol. The van der Waals surface area contributed by atoms with E-state index in [4.69, 9.17) is 1.37 Å². The second kappa shape index (κ2) is 3.57. The summed E-state index contributed by atoms with van der Waals surface area (Å²) >= 11 is 0. The fraction of sp³-hybridized carbons (Fsp3) is 0.800. The summed E-state index contributed by atoms with van der Waals surface area (Å²) in [5, 5.41) is 2.82. The first-order chi connectivity index (χ1) is 6.56. The molecule has 0 spiro atoms. The molecule has 1 N–H and O–H groups in total. The van der Waals surface area contributed by atoms with Crippen LogP contribution in [0.4, 0.5) is 13.2 Å². The number of alkyl halides is 3. The molecular formula is C10H16F3N. The van der Waals surface area contributed by atoms with E-state index in [2.05, 4.69) is 5.32 Å². The van der Waals surface area contributed by atoms with Crippen molar-refractivity contribution in [2.24, 2.45) is 5.41 Å². The van der Waals surface area contributed by atoms with Crippen molar-refractivity contribution in [3.63, 3.8) is 0 Å². The minimum atomic E-state index is -4.24. The van der Waals surface area contributed by atoms with Gasteiger partial charge in [-0.05, 0) is 11.0 Å². The Hall–Kier alpha value is -0.510. The first-order valence-corrected chi connectivity index (χ1v) is 4.57. The van der Waals surface area contributed by atoms with Crippen molar-refractivity contribution >= 4 is 0 Å². The molecule has 0 aromatic carbocycles. The van der Waals surface area contributed by atoms with Gasteiger partial charge in [-0.3, -0.25) is 0 Å². The predicted octanol–water partition coefficient (Wildman–Crippen LogP) is 2.88. The summed E-state index contributed by atoms with van der Waals surface area (Å²) in [6.45, 7) is 5.64. The number of nitrogens with one attached hydrogen (secondary N) is 1. The number of halogens is 3. The third-order valence-corrected chi connectivity index (χ3v) is 2.09. The highest BCUT2D eigenvalue weighted by molar-refractivity contribution is 5.21. The summed E-state index contributed by atoms with van der Waals surface area (Å²) < 4.78 is 45.0. The van der Waals surface area contributed by atoms with Crippen LogP contribution in [0.1, 0.15) is 28.6 Å². The van der Waals surface area contributed by atoms with E-state index in [1.807, 2.05) is 0 Å². The normalized spacial score (nSPS) is 30.1. The maximum Gasteiger partial charge on any atom is 0.392 e. The molecule has 0 aliphatic carbocycles. The minimum absolute atomic E-state index is 0.127. The van der Waals surface area contributed by atoms with Gasteiger partial charge in [0.1, 0.15) is 0 Å². The van der Waals surface area contributed by atoms with Crippen molar-refractivity contribution in [2.75, 3.05) is 6.54 Å². The topological polar surface area (TPSA) is 12.0 Å². The highest BCUT2D eigenvalue weighted by Crippen LogP contribution is 2.34. The molecule has 4 heteroatoms. The van der Waals surface area contributed by atoms with E-state index in [1.165, 1.54) is 6.08 Å². The van der Waals surface area contributed by atoms with Crippen molar-refractivity contribution in [3.8, 4) is 0 Å². The number of hydrogen-bond acceptors (Lipinski definition) is 1. The second-order valence-electron chi connectivity index (χ2n) is 4.53. The zero-order valence-corrected chi connectivity index (χ0v) is 8.63. The first kappa shape index (κ1) is 10.0. The second-order valence-corrected chi connectivity index (χ2v) is 4.53. The van der Waals surface area contributed by atoms with Crippen LogP contribution in [0.2, 0.25) is 0 Å². The highest BCUT2D eigenvalue weighted by atomic mass is 19.4. The Morgan fingerprint density at radius 2 is 2.07 bits per heavy atom. The van der Waals surface area contributed by atoms with Crippen LogP contribution in [0.25, 0.3) is 0 Å². The van der Waals surface area contributed by atoms with Crippen LogP contribution >= 0.6 is 0 Å². The Kier molecular flexibility index (Phi) is 2.56. The van der Waals surface area contributed by atoms with Crippen LogP contribution < -0.4 is 5.32 Å². The molecule has 1 nitrogen and oxygen atoms in total. The molecule has 0 aromatic rings. The third-order valence-electron chi connectivity index (χ3n) is 2.09. The summed E-state index contributed by atoms with van der Waals surface area (Å²) in [4.78, 5) is 0. The van der Waals surface area contributed by atoms with Gasteiger partial charge in [0.15, 0.2) is 0 Å². The summed E-state index contributed by atoms with van der Waals surface area (Å²) in [5.41, 5.74) is -0.428. The van der Waals surface area contributed by atoms with Gasteiger partial charge in [0, 0.05) is 12.6 Å². The summed E-state index contributed by atoms with van der Waals surface area (Å²) in [5.74, 6) is 0. The van der Waals surface area contributed by atoms with Crippen LogP contribution in [0.5, 0.6) is 0 Å². The van der Waals surface area contributed by atoms with Crippen molar-refractivity contribution in [3.05, 3.63) is 11.6 Å². The monoisotopic (exact) mass is 208 g/mol. The van der Waals surface area contributed by atoms with Crippen LogP contribution in [0, 0.1) is 5.41 Å². The van der Waals surface area contributed by atoms with E-state index in [1.54, 1.807) is 20.8 Å². The largest absolute Gasteiger partial charge is 0.392 e. The van der Waals surface area contributed by atoms with Crippen LogP contribution in [0.3, 0.4) is 0 Å². The Balaban J connectivity index is 2.90. The SMILES string of the molecule is [2H]C1(C(C)(C)C)NCC=C1CC(F)(F)F. The first-order valence-electron chi connectivity index (χ1n) is 5.07. The van der Waals surface area contributed by atoms with Crippen molar-refractivity contribution in [1.29, 1.82) is 0 Å². The molecule has 0 saturated heterocycles. The van der Waals surface area contributed by atoms with Crippen molar-refractivity contribution in [2.45, 2.75) is 39.4 Å². The van der Waals surface area contributed by atoms with E-state index < -0.39 is 24.0 Å². The third kappa shape index (κ3) is 3.01. The van der Waals surface area contributed by atoms with Gasteiger partial charge in [-0.2, -0.15) is 13.2 Å². The van der Waals surface area contributed by atoms with Gasteiger partial charge in [-0.15, -0.1) is 0 Å². The lowest BCUT2D eigenvalue weighted by Gasteiger charge is -2.30. The highest BCUT2D eigenvalue weighted by Gasteiger charge is 2.37. The van der Waals surface area contributed by atoms with Crippen LogP contribution in [-0.2, 0) is 0 Å². The van der Waals surface area contributed by atoms with Gasteiger partial charge in [0.05, 0.1) is 7.79 Å². The average Bonchev–Trinajstić information content (AvgIpc) is 2.29. The van der Waals surface area contributed by atoms with Crippen molar-refractivity contribution < 1.29 is 14.5 Å². The molecule has 82 valence electrons. The Morgan fingerprint density at radius 1 is 1.50 bits per heavy atom. The molecule has 0 aromatic heterocycles. The van der Waals surface area contributed by atoms with E-state index in [-0.39, 0.29) is 5.57 Å². The fourth-order valence-electron chi connectivity index (χ4n) is 1.62. The van der Waals surface area contributed by atoms with Gasteiger partial charge >= 0.3 is 6.18 Å². The molecule has 0 bridgehead atoms. The molecule has 1 atom stereocenters. The van der Waals surface area contributed by atoms with E-state index in [9.17, 15) is 13.2 Å². The lowest BCUT2D eigenvalue weighted by molar-refractivity contribution is -0.128. The molecule has 0 radical (unpaired) electrons. The molecule has 1 rings (SSSR count). The zero-order chi connectivity index (χ0) is 11.9. The summed E-state index contributed by atoms with van der Waals surface area (Å²) in [6, 6.07) is -1.30. The fourth-order valence-corrected chi connectivity index (χ4v) is 1.62. The number of rotatable bonds is 1. The van der Waals surface area contributed by atoms with E-state index >= 15 is 0 Å². The summed E-state index contributed by atoms with van der Waals surface area (Å²) in [7, 11) is 0. The van der Waals surface area contributed by atoms with Gasteiger partial charge in [-0.25, -0.2) is 0 Å². The molecule has 1 aliphatic rings. The molecule has 0 fully saturated rings. The number of hydrogen-bond donors (Lipinski definition) is 1. The van der Waals surface area contributed by atoms with E-state index in [0.717, 1.165) is 0 Å².